The summed E-state index contributed by atoms with van der Waals surface area (Å²) in [6.45, 7) is 2.73. The fraction of sp³-hybridized carbons (Fsp3) is 0.240. The Bertz CT molecular complexity index is 1370. The van der Waals surface area contributed by atoms with Gasteiger partial charge < -0.3 is 21.2 Å². The third-order valence-corrected chi connectivity index (χ3v) is 7.26. The highest BCUT2D eigenvalue weighted by molar-refractivity contribution is 7.21. The average Bonchev–Trinajstić information content (AvgIpc) is 3.48. The molecule has 1 fully saturated rings. The van der Waals surface area contributed by atoms with Crippen LogP contribution in [0, 0.1) is 11.3 Å². The van der Waals surface area contributed by atoms with E-state index in [4.69, 9.17) is 15.9 Å². The van der Waals surface area contributed by atoms with E-state index in [1.165, 1.54) is 23.2 Å². The second-order valence-electron chi connectivity index (χ2n) is 8.37. The lowest BCUT2D eigenvalue weighted by molar-refractivity contribution is 0.0914. The van der Waals surface area contributed by atoms with Crippen LogP contribution < -0.4 is 16.8 Å². The number of hydrogen-bond donors (Lipinski definition) is 3. The van der Waals surface area contributed by atoms with Crippen molar-refractivity contribution in [3.8, 4) is 17.4 Å². The van der Waals surface area contributed by atoms with E-state index in [2.05, 4.69) is 45.5 Å². The standard InChI is InChI=1S/C25H24N6O2S/c26-13-17-19(18-7-4-12-33-18)20-21(27)22(34-25(20)30-23(17)28)24(32)29-16-8-10-31(11-9-16)14-15-5-2-1-3-6-15/h1-7,12,16H,8-11,14,27H2,(H2,28,30)(H,29,32). The monoisotopic (exact) mass is 472 g/mol. The number of nitrogens with zero attached hydrogens (tertiary/aromatic N) is 3. The number of carbonyl (C=O) groups excluding carboxylic acids is 1. The van der Waals surface area contributed by atoms with E-state index in [-0.39, 0.29) is 29.0 Å². The lowest BCUT2D eigenvalue weighted by atomic mass is 10.0. The molecule has 34 heavy (non-hydrogen) atoms. The molecule has 8 nitrogen and oxygen atoms in total. The van der Waals surface area contributed by atoms with Crippen molar-refractivity contribution in [1.29, 1.82) is 5.26 Å². The molecule has 0 bridgehead atoms. The van der Waals surface area contributed by atoms with Crippen LogP contribution in [0.1, 0.15) is 33.6 Å². The normalized spacial score (nSPS) is 14.8. The first-order valence-electron chi connectivity index (χ1n) is 11.1. The molecule has 1 aromatic carbocycles. The number of nitrogens with one attached hydrogen (secondary N) is 1. The Morgan fingerprint density at radius 1 is 1.21 bits per heavy atom. The van der Waals surface area contributed by atoms with E-state index < -0.39 is 0 Å². The summed E-state index contributed by atoms with van der Waals surface area (Å²) in [7, 11) is 0. The van der Waals surface area contributed by atoms with E-state index >= 15 is 0 Å². The molecule has 0 atom stereocenters. The average molecular weight is 473 g/mol. The molecule has 1 aliphatic heterocycles. The minimum Gasteiger partial charge on any atom is -0.464 e. The molecule has 5 rings (SSSR count). The maximum Gasteiger partial charge on any atom is 0.263 e. The summed E-state index contributed by atoms with van der Waals surface area (Å²) >= 11 is 1.18. The fourth-order valence-electron chi connectivity index (χ4n) is 4.45. The molecule has 0 spiro atoms. The second kappa shape index (κ2) is 9.17. The van der Waals surface area contributed by atoms with Gasteiger partial charge in [0.05, 0.1) is 17.5 Å². The van der Waals surface area contributed by atoms with Gasteiger partial charge in [-0.15, -0.1) is 11.3 Å². The number of amides is 1. The number of nitrogen functional groups attached to an aromatic ring is 2. The predicted molar refractivity (Wildman–Crippen MR) is 133 cm³/mol. The number of nitrogens with two attached hydrogens (primary N) is 2. The Balaban J connectivity index is 1.35. The summed E-state index contributed by atoms with van der Waals surface area (Å²) in [5, 5.41) is 13.3. The molecule has 3 aromatic heterocycles. The van der Waals surface area contributed by atoms with Gasteiger partial charge in [0.15, 0.2) is 0 Å². The maximum absolute atomic E-state index is 13.2. The number of hydrogen-bond acceptors (Lipinski definition) is 8. The van der Waals surface area contributed by atoms with E-state index in [9.17, 15) is 10.1 Å². The number of rotatable bonds is 5. The number of likely N-dealkylation sites (tertiary alicyclic amines) is 1. The number of pyridine rings is 1. The van der Waals surface area contributed by atoms with Gasteiger partial charge in [-0.1, -0.05) is 30.3 Å². The first kappa shape index (κ1) is 21.9. The zero-order valence-corrected chi connectivity index (χ0v) is 19.3. The number of furan rings is 1. The van der Waals surface area contributed by atoms with Gasteiger partial charge in [-0.3, -0.25) is 9.69 Å². The number of fused-ring (bicyclic) bond motifs is 1. The van der Waals surface area contributed by atoms with Crippen LogP contribution in [0.5, 0.6) is 0 Å². The van der Waals surface area contributed by atoms with Crippen LogP contribution in [-0.4, -0.2) is 34.9 Å². The maximum atomic E-state index is 13.2. The van der Waals surface area contributed by atoms with Gasteiger partial charge in [0.25, 0.3) is 5.91 Å². The number of carbonyl (C=O) groups is 1. The molecule has 4 heterocycles. The van der Waals surface area contributed by atoms with Gasteiger partial charge in [-0.05, 0) is 30.5 Å². The molecular formula is C25H24N6O2S. The zero-order chi connectivity index (χ0) is 23.7. The smallest absolute Gasteiger partial charge is 0.263 e. The van der Waals surface area contributed by atoms with Crippen LogP contribution >= 0.6 is 11.3 Å². The molecule has 5 N–H and O–H groups in total. The van der Waals surface area contributed by atoms with Crippen molar-refractivity contribution in [3.63, 3.8) is 0 Å². The predicted octanol–water partition coefficient (Wildman–Crippen LogP) is 3.99. The van der Waals surface area contributed by atoms with E-state index in [1.807, 2.05) is 6.07 Å². The van der Waals surface area contributed by atoms with Crippen molar-refractivity contribution in [2.24, 2.45) is 0 Å². The summed E-state index contributed by atoms with van der Waals surface area (Å²) in [6.07, 6.45) is 3.24. The summed E-state index contributed by atoms with van der Waals surface area (Å²) < 4.78 is 5.53. The highest BCUT2D eigenvalue weighted by Gasteiger charge is 2.27. The number of piperidine rings is 1. The van der Waals surface area contributed by atoms with Crippen molar-refractivity contribution in [3.05, 3.63) is 64.7 Å². The van der Waals surface area contributed by atoms with E-state index in [1.54, 1.807) is 12.1 Å². The van der Waals surface area contributed by atoms with Gasteiger partial charge in [0, 0.05) is 31.1 Å². The molecule has 4 aromatic rings. The third kappa shape index (κ3) is 4.09. The number of anilines is 2. The topological polar surface area (TPSA) is 134 Å². The molecule has 1 aliphatic rings. The Labute approximate surface area is 200 Å². The Kier molecular flexibility index (Phi) is 5.92. The molecule has 0 saturated carbocycles. The SMILES string of the molecule is N#Cc1c(N)nc2sc(C(=O)NC3CCN(Cc4ccccc4)CC3)c(N)c2c1-c1ccco1. The van der Waals surface area contributed by atoms with E-state index in [0.29, 0.717) is 26.4 Å². The van der Waals surface area contributed by atoms with Crippen molar-refractivity contribution in [2.45, 2.75) is 25.4 Å². The highest BCUT2D eigenvalue weighted by atomic mass is 32.1. The molecule has 1 amide bonds. The van der Waals surface area contributed by atoms with Crippen molar-refractivity contribution in [2.75, 3.05) is 24.6 Å². The van der Waals surface area contributed by atoms with Gasteiger partial charge in [0.1, 0.15) is 32.9 Å². The number of benzene rings is 1. The number of thiophene rings is 1. The van der Waals surface area contributed by atoms with Crippen LogP contribution in [-0.2, 0) is 6.54 Å². The first-order chi connectivity index (χ1) is 16.5. The molecule has 9 heteroatoms. The molecule has 172 valence electrons. The number of aromatic nitrogens is 1. The van der Waals surface area contributed by atoms with Gasteiger partial charge in [-0.25, -0.2) is 4.98 Å². The molecule has 0 unspecified atom stereocenters. The van der Waals surface area contributed by atoms with E-state index in [0.717, 1.165) is 32.5 Å². The van der Waals surface area contributed by atoms with Crippen molar-refractivity contribution in [1.82, 2.24) is 15.2 Å². The Hall–Kier alpha value is -3.87. The summed E-state index contributed by atoms with van der Waals surface area (Å²) in [6, 6.07) is 16.0. The van der Waals surface area contributed by atoms with Gasteiger partial charge in [-0.2, -0.15) is 5.26 Å². The zero-order valence-electron chi connectivity index (χ0n) is 18.5. The molecule has 1 saturated heterocycles. The quantitative estimate of drug-likeness (QED) is 0.400. The van der Waals surface area contributed by atoms with Crippen LogP contribution in [0.15, 0.2) is 53.1 Å². The summed E-state index contributed by atoms with van der Waals surface area (Å²) in [5.41, 5.74) is 14.7. The third-order valence-electron chi connectivity index (χ3n) is 6.16. The summed E-state index contributed by atoms with van der Waals surface area (Å²) in [4.78, 5) is 20.8. The van der Waals surface area contributed by atoms with Crippen LogP contribution in [0.25, 0.3) is 21.5 Å². The van der Waals surface area contributed by atoms with Crippen LogP contribution in [0.2, 0.25) is 0 Å². The molecule has 0 radical (unpaired) electrons. The van der Waals surface area contributed by atoms with Crippen molar-refractivity contribution >= 4 is 39.0 Å². The highest BCUT2D eigenvalue weighted by Crippen LogP contribution is 2.42. The van der Waals surface area contributed by atoms with Crippen LogP contribution in [0.4, 0.5) is 11.5 Å². The summed E-state index contributed by atoms with van der Waals surface area (Å²) in [5.74, 6) is 0.308. The Morgan fingerprint density at radius 3 is 2.65 bits per heavy atom. The van der Waals surface area contributed by atoms with Gasteiger partial charge >= 0.3 is 0 Å². The molecular weight excluding hydrogens is 448 g/mol. The second-order valence-corrected chi connectivity index (χ2v) is 9.37. The minimum absolute atomic E-state index is 0.0707. The molecule has 0 aliphatic carbocycles. The lowest BCUT2D eigenvalue weighted by Gasteiger charge is -2.32. The Morgan fingerprint density at radius 2 is 1.97 bits per heavy atom. The minimum atomic E-state index is -0.232. The first-order valence-corrected chi connectivity index (χ1v) is 11.9. The largest absolute Gasteiger partial charge is 0.464 e. The van der Waals surface area contributed by atoms with Crippen LogP contribution in [0.3, 0.4) is 0 Å². The van der Waals surface area contributed by atoms with Gasteiger partial charge in [0.2, 0.25) is 0 Å². The number of nitriles is 1. The lowest BCUT2D eigenvalue weighted by Crippen LogP contribution is -2.44. The fourth-order valence-corrected chi connectivity index (χ4v) is 5.46. The van der Waals surface area contributed by atoms with Crippen molar-refractivity contribution < 1.29 is 9.21 Å².